The van der Waals surface area contributed by atoms with Crippen molar-refractivity contribution in [2.24, 2.45) is 5.92 Å². The number of fused-ring (bicyclic) bond motifs is 3. The monoisotopic (exact) mass is 451 g/mol. The van der Waals surface area contributed by atoms with E-state index in [1.54, 1.807) is 24.7 Å². The van der Waals surface area contributed by atoms with Crippen molar-refractivity contribution in [3.8, 4) is 11.4 Å². The van der Waals surface area contributed by atoms with E-state index in [2.05, 4.69) is 20.3 Å². The quantitative estimate of drug-likeness (QED) is 0.620. The first-order valence-corrected chi connectivity index (χ1v) is 11.1. The molecule has 2 aromatic heterocycles. The van der Waals surface area contributed by atoms with Crippen molar-refractivity contribution < 1.29 is 9.18 Å². The lowest BCUT2D eigenvalue weighted by Crippen LogP contribution is -2.59. The summed E-state index contributed by atoms with van der Waals surface area (Å²) in [5.74, 6) is 0.813. The number of piperidine rings is 2. The van der Waals surface area contributed by atoms with Crippen LogP contribution >= 0.6 is 11.6 Å². The number of pyridine rings is 1. The highest BCUT2D eigenvalue weighted by atomic mass is 35.5. The van der Waals surface area contributed by atoms with E-state index in [1.165, 1.54) is 18.2 Å². The standard InChI is InChI=1S/C24H23ClFN5O/c1-14-9-19(25)23(29-12-14)30-20-10-15-3-6-21(20)31(13-15)24(32)17-5-4-16(26)11-18(17)22-27-7-2-8-28-22/h2,4-5,7-9,11-12,15,20-21H,3,6,10,13H2,1H3,(H,29,30). The third-order valence-electron chi connectivity index (χ3n) is 6.36. The molecule has 0 radical (unpaired) electrons. The molecule has 3 fully saturated rings. The highest BCUT2D eigenvalue weighted by molar-refractivity contribution is 6.33. The van der Waals surface area contributed by atoms with Crippen LogP contribution in [0, 0.1) is 18.7 Å². The molecular weight excluding hydrogens is 429 g/mol. The summed E-state index contributed by atoms with van der Waals surface area (Å²) in [7, 11) is 0. The van der Waals surface area contributed by atoms with Crippen molar-refractivity contribution in [2.75, 3.05) is 11.9 Å². The normalized spacial score (nSPS) is 22.1. The zero-order valence-corrected chi connectivity index (χ0v) is 18.4. The number of aryl methyl sites for hydroxylation is 1. The second-order valence-corrected chi connectivity index (χ2v) is 8.97. The molecule has 164 valence electrons. The largest absolute Gasteiger partial charge is 0.364 e. The van der Waals surface area contributed by atoms with Crippen LogP contribution in [-0.4, -0.2) is 44.4 Å². The predicted molar refractivity (Wildman–Crippen MR) is 121 cm³/mol. The van der Waals surface area contributed by atoms with Crippen LogP contribution < -0.4 is 5.32 Å². The predicted octanol–water partition coefficient (Wildman–Crippen LogP) is 4.74. The molecule has 1 saturated carbocycles. The Morgan fingerprint density at radius 3 is 2.75 bits per heavy atom. The van der Waals surface area contributed by atoms with Gasteiger partial charge in [0.1, 0.15) is 11.6 Å². The summed E-state index contributed by atoms with van der Waals surface area (Å²) in [6, 6.07) is 7.80. The number of hydrogen-bond acceptors (Lipinski definition) is 5. The van der Waals surface area contributed by atoms with Gasteiger partial charge in [-0.05, 0) is 68.0 Å². The van der Waals surface area contributed by atoms with Gasteiger partial charge >= 0.3 is 0 Å². The van der Waals surface area contributed by atoms with Gasteiger partial charge in [-0.25, -0.2) is 19.3 Å². The molecule has 2 aliphatic heterocycles. The number of rotatable bonds is 4. The first-order valence-electron chi connectivity index (χ1n) is 10.8. The number of nitrogens with zero attached hydrogens (tertiary/aromatic N) is 4. The molecule has 6 rings (SSSR count). The molecule has 3 atom stereocenters. The topological polar surface area (TPSA) is 71.0 Å². The molecule has 2 bridgehead atoms. The molecule has 3 aliphatic rings. The summed E-state index contributed by atoms with van der Waals surface area (Å²) in [4.78, 5) is 28.5. The Balaban J connectivity index is 1.45. The molecule has 1 aliphatic carbocycles. The van der Waals surface area contributed by atoms with E-state index in [0.29, 0.717) is 40.3 Å². The van der Waals surface area contributed by atoms with E-state index < -0.39 is 5.82 Å². The molecule has 1 amide bonds. The molecular formula is C24H23ClFN5O. The molecule has 1 aromatic carbocycles. The minimum Gasteiger partial charge on any atom is -0.364 e. The number of anilines is 1. The summed E-state index contributed by atoms with van der Waals surface area (Å²) < 4.78 is 14.0. The third-order valence-corrected chi connectivity index (χ3v) is 6.65. The van der Waals surface area contributed by atoms with Crippen LogP contribution in [0.1, 0.15) is 35.2 Å². The minimum absolute atomic E-state index is 0.00117. The van der Waals surface area contributed by atoms with E-state index in [4.69, 9.17) is 11.6 Å². The SMILES string of the molecule is Cc1cnc(NC2CC3CCC2N(C(=O)c2ccc(F)cc2-c2ncccn2)C3)c(Cl)c1. The van der Waals surface area contributed by atoms with E-state index in [-0.39, 0.29) is 18.0 Å². The highest BCUT2D eigenvalue weighted by Gasteiger charge is 2.43. The van der Waals surface area contributed by atoms with Crippen LogP contribution in [0.5, 0.6) is 0 Å². The Bertz CT molecular complexity index is 1160. The van der Waals surface area contributed by atoms with Crippen LogP contribution in [0.15, 0.2) is 48.9 Å². The Labute approximate surface area is 190 Å². The van der Waals surface area contributed by atoms with Crippen molar-refractivity contribution in [1.82, 2.24) is 19.9 Å². The van der Waals surface area contributed by atoms with Gasteiger partial charge in [-0.2, -0.15) is 0 Å². The summed E-state index contributed by atoms with van der Waals surface area (Å²) in [6.45, 7) is 2.63. The molecule has 2 saturated heterocycles. The Hall–Kier alpha value is -3.06. The smallest absolute Gasteiger partial charge is 0.254 e. The van der Waals surface area contributed by atoms with Crippen LogP contribution in [-0.2, 0) is 0 Å². The summed E-state index contributed by atoms with van der Waals surface area (Å²) in [5.41, 5.74) is 1.81. The second-order valence-electron chi connectivity index (χ2n) is 8.56. The van der Waals surface area contributed by atoms with Crippen LogP contribution in [0.4, 0.5) is 10.2 Å². The van der Waals surface area contributed by atoms with Crippen LogP contribution in [0.2, 0.25) is 5.02 Å². The Kier molecular flexibility index (Phi) is 5.51. The van der Waals surface area contributed by atoms with Crippen molar-refractivity contribution in [3.63, 3.8) is 0 Å². The molecule has 4 heterocycles. The first kappa shape index (κ1) is 20.8. The summed E-state index contributed by atoms with van der Waals surface area (Å²) in [6.07, 6.45) is 7.89. The van der Waals surface area contributed by atoms with Crippen molar-refractivity contribution in [2.45, 2.75) is 38.3 Å². The Morgan fingerprint density at radius 2 is 2.00 bits per heavy atom. The highest BCUT2D eigenvalue weighted by Crippen LogP contribution is 2.38. The van der Waals surface area contributed by atoms with Gasteiger partial charge in [0.05, 0.1) is 16.6 Å². The zero-order valence-electron chi connectivity index (χ0n) is 17.6. The van der Waals surface area contributed by atoms with Crippen LogP contribution in [0.25, 0.3) is 11.4 Å². The minimum atomic E-state index is -0.427. The van der Waals surface area contributed by atoms with Gasteiger partial charge in [0.2, 0.25) is 0 Å². The van der Waals surface area contributed by atoms with Crippen molar-refractivity contribution >= 4 is 23.3 Å². The lowest BCUT2D eigenvalue weighted by atomic mass is 9.76. The maximum absolute atomic E-state index is 14.0. The number of halogens is 2. The number of nitrogens with one attached hydrogen (secondary N) is 1. The lowest BCUT2D eigenvalue weighted by molar-refractivity contribution is 0.0282. The van der Waals surface area contributed by atoms with Gasteiger partial charge in [0, 0.05) is 36.7 Å². The average Bonchev–Trinajstić information content (AvgIpc) is 2.81. The first-order chi connectivity index (χ1) is 15.5. The van der Waals surface area contributed by atoms with E-state index in [0.717, 1.165) is 24.8 Å². The zero-order chi connectivity index (χ0) is 22.2. The number of carbonyl (C=O) groups excluding carboxylic acids is 1. The van der Waals surface area contributed by atoms with Gasteiger partial charge < -0.3 is 10.2 Å². The van der Waals surface area contributed by atoms with E-state index in [9.17, 15) is 9.18 Å². The molecule has 32 heavy (non-hydrogen) atoms. The third kappa shape index (κ3) is 3.93. The molecule has 1 N–H and O–H groups in total. The molecule has 3 aromatic rings. The van der Waals surface area contributed by atoms with Gasteiger partial charge in [-0.3, -0.25) is 4.79 Å². The Morgan fingerprint density at radius 1 is 1.19 bits per heavy atom. The fraction of sp³-hybridized carbons (Fsp3) is 0.333. The lowest BCUT2D eigenvalue weighted by Gasteiger charge is -2.50. The summed E-state index contributed by atoms with van der Waals surface area (Å²) >= 11 is 6.39. The fourth-order valence-corrected chi connectivity index (χ4v) is 5.15. The van der Waals surface area contributed by atoms with Gasteiger partial charge in [0.25, 0.3) is 5.91 Å². The van der Waals surface area contributed by atoms with Crippen molar-refractivity contribution in [1.29, 1.82) is 0 Å². The number of aromatic nitrogens is 3. The van der Waals surface area contributed by atoms with Gasteiger partial charge in [-0.15, -0.1) is 0 Å². The average molecular weight is 452 g/mol. The van der Waals surface area contributed by atoms with E-state index >= 15 is 0 Å². The number of amides is 1. The summed E-state index contributed by atoms with van der Waals surface area (Å²) in [5, 5.41) is 4.05. The molecule has 3 unspecified atom stereocenters. The maximum atomic E-state index is 14.0. The number of benzene rings is 1. The molecule has 6 nitrogen and oxygen atoms in total. The number of hydrogen-bond donors (Lipinski definition) is 1. The van der Waals surface area contributed by atoms with Crippen LogP contribution in [0.3, 0.4) is 0 Å². The molecule has 0 spiro atoms. The van der Waals surface area contributed by atoms with Gasteiger partial charge in [0.15, 0.2) is 5.82 Å². The number of carbonyl (C=O) groups is 1. The van der Waals surface area contributed by atoms with Crippen molar-refractivity contribution in [3.05, 3.63) is 70.9 Å². The fourth-order valence-electron chi connectivity index (χ4n) is 4.88. The second kappa shape index (κ2) is 8.47. The maximum Gasteiger partial charge on any atom is 0.254 e. The van der Waals surface area contributed by atoms with Gasteiger partial charge in [-0.1, -0.05) is 11.6 Å². The molecule has 8 heteroatoms. The van der Waals surface area contributed by atoms with E-state index in [1.807, 2.05) is 17.9 Å².